The van der Waals surface area contributed by atoms with Gasteiger partial charge >= 0.3 is 0 Å². The highest BCUT2D eigenvalue weighted by Crippen LogP contribution is 2.37. The molecular weight excluding hydrogens is 202 g/mol. The van der Waals surface area contributed by atoms with Gasteiger partial charge in [-0.25, -0.2) is 0 Å². The number of hydrogen-bond acceptors (Lipinski definition) is 2. The van der Waals surface area contributed by atoms with Crippen LogP contribution in [0.2, 0.25) is 0 Å². The summed E-state index contributed by atoms with van der Waals surface area (Å²) in [6.45, 7) is 0. The number of benzene rings is 1. The summed E-state index contributed by atoms with van der Waals surface area (Å²) in [7, 11) is 5.26. The molecule has 0 saturated carbocycles. The van der Waals surface area contributed by atoms with Crippen LogP contribution in [-0.4, -0.2) is 18.8 Å². The van der Waals surface area contributed by atoms with Gasteiger partial charge in [-0.1, -0.05) is 6.07 Å². The molecule has 16 heavy (non-hydrogen) atoms. The van der Waals surface area contributed by atoms with Gasteiger partial charge in [0.15, 0.2) is 11.5 Å². The smallest absolute Gasteiger partial charge is 0.170 e. The van der Waals surface area contributed by atoms with Gasteiger partial charge in [-0.2, -0.15) is 0 Å². The van der Waals surface area contributed by atoms with Gasteiger partial charge in [0.05, 0.1) is 19.9 Å². The molecule has 1 heterocycles. The Bertz CT molecular complexity index is 488. The Balaban J connectivity index is 2.61. The molecule has 0 saturated heterocycles. The summed E-state index contributed by atoms with van der Waals surface area (Å²) in [4.78, 5) is 0. The molecule has 0 amide bonds. The van der Waals surface area contributed by atoms with Crippen molar-refractivity contribution in [3.63, 3.8) is 0 Å². The van der Waals surface area contributed by atoms with Gasteiger partial charge in [-0.15, -0.1) is 0 Å². The molecule has 0 bridgehead atoms. The number of rotatable bonds is 3. The molecule has 2 rings (SSSR count). The molecule has 3 nitrogen and oxygen atoms in total. The molecule has 0 aliphatic rings. The molecule has 0 unspecified atom stereocenters. The molecule has 0 aliphatic heterocycles. The molecule has 1 aromatic carbocycles. The van der Waals surface area contributed by atoms with Crippen molar-refractivity contribution in [2.45, 2.75) is 0 Å². The Morgan fingerprint density at radius 3 is 2.56 bits per heavy atom. The lowest BCUT2D eigenvalue weighted by Crippen LogP contribution is -1.96. The maximum absolute atomic E-state index is 5.39. The van der Waals surface area contributed by atoms with Crippen LogP contribution in [-0.2, 0) is 7.05 Å². The van der Waals surface area contributed by atoms with E-state index in [0.717, 1.165) is 22.8 Å². The van der Waals surface area contributed by atoms with Crippen LogP contribution in [0.4, 0.5) is 0 Å². The van der Waals surface area contributed by atoms with Crippen LogP contribution in [0, 0.1) is 6.07 Å². The second-order valence-corrected chi connectivity index (χ2v) is 3.48. The van der Waals surface area contributed by atoms with E-state index in [4.69, 9.17) is 9.47 Å². The van der Waals surface area contributed by atoms with Gasteiger partial charge in [0.2, 0.25) is 0 Å². The number of para-hydroxylation sites is 1. The Morgan fingerprint density at radius 1 is 1.19 bits per heavy atom. The summed E-state index contributed by atoms with van der Waals surface area (Å²) in [5, 5.41) is 0. The fraction of sp³-hybridized carbons (Fsp3) is 0.231. The standard InChI is InChI=1S/C13H14NO2/c1-14-9-5-7-11(14)10-6-4-8-12(15-2)13(10)16-3/h4,6-9H,1-3H3. The van der Waals surface area contributed by atoms with E-state index in [1.807, 2.05) is 42.1 Å². The van der Waals surface area contributed by atoms with Gasteiger partial charge in [0.25, 0.3) is 0 Å². The van der Waals surface area contributed by atoms with Crippen molar-refractivity contribution in [3.05, 3.63) is 36.5 Å². The van der Waals surface area contributed by atoms with Crippen LogP contribution in [0.5, 0.6) is 11.5 Å². The Labute approximate surface area is 95.2 Å². The van der Waals surface area contributed by atoms with Crippen LogP contribution < -0.4 is 9.47 Å². The lowest BCUT2D eigenvalue weighted by atomic mass is 10.1. The Kier molecular flexibility index (Phi) is 2.86. The lowest BCUT2D eigenvalue weighted by molar-refractivity contribution is 0.356. The van der Waals surface area contributed by atoms with E-state index >= 15 is 0 Å². The summed E-state index contributed by atoms with van der Waals surface area (Å²) in [6.07, 6.45) is 1.88. The average molecular weight is 216 g/mol. The molecule has 0 spiro atoms. The van der Waals surface area contributed by atoms with Crippen LogP contribution in [0.3, 0.4) is 0 Å². The number of aromatic nitrogens is 1. The molecule has 3 heteroatoms. The van der Waals surface area contributed by atoms with Gasteiger partial charge in [0, 0.05) is 24.9 Å². The monoisotopic (exact) mass is 216 g/mol. The van der Waals surface area contributed by atoms with Crippen LogP contribution in [0.15, 0.2) is 30.5 Å². The van der Waals surface area contributed by atoms with E-state index in [1.165, 1.54) is 0 Å². The van der Waals surface area contributed by atoms with Gasteiger partial charge in [-0.3, -0.25) is 0 Å². The maximum Gasteiger partial charge on any atom is 0.170 e. The normalized spacial score (nSPS) is 10.2. The third-order valence-corrected chi connectivity index (χ3v) is 2.55. The fourth-order valence-corrected chi connectivity index (χ4v) is 1.76. The van der Waals surface area contributed by atoms with Crippen molar-refractivity contribution in [2.24, 2.45) is 7.05 Å². The second-order valence-electron chi connectivity index (χ2n) is 3.48. The van der Waals surface area contributed by atoms with Gasteiger partial charge in [0.1, 0.15) is 0 Å². The van der Waals surface area contributed by atoms with E-state index in [2.05, 4.69) is 6.07 Å². The zero-order valence-corrected chi connectivity index (χ0v) is 9.65. The summed E-state index contributed by atoms with van der Waals surface area (Å²) in [5.74, 6) is 1.49. The van der Waals surface area contributed by atoms with E-state index < -0.39 is 0 Å². The van der Waals surface area contributed by atoms with E-state index in [9.17, 15) is 0 Å². The maximum atomic E-state index is 5.39. The largest absolute Gasteiger partial charge is 0.493 e. The summed E-state index contributed by atoms with van der Waals surface area (Å²) >= 11 is 0. The minimum Gasteiger partial charge on any atom is -0.493 e. The second kappa shape index (κ2) is 4.31. The average Bonchev–Trinajstić information content (AvgIpc) is 2.74. The summed E-state index contributed by atoms with van der Waals surface area (Å²) in [5.41, 5.74) is 2.06. The molecule has 0 fully saturated rings. The van der Waals surface area contributed by atoms with E-state index in [-0.39, 0.29) is 0 Å². The first-order valence-electron chi connectivity index (χ1n) is 5.01. The first-order valence-corrected chi connectivity index (χ1v) is 5.01. The predicted octanol–water partition coefficient (Wildman–Crippen LogP) is 2.51. The topological polar surface area (TPSA) is 23.4 Å². The van der Waals surface area contributed by atoms with Crippen LogP contribution in [0.1, 0.15) is 0 Å². The molecule has 2 aromatic rings. The number of nitrogens with zero attached hydrogens (tertiary/aromatic N) is 1. The third-order valence-electron chi connectivity index (χ3n) is 2.55. The zero-order chi connectivity index (χ0) is 11.5. The molecular formula is C13H14NO2. The van der Waals surface area contributed by atoms with Crippen molar-refractivity contribution in [3.8, 4) is 22.8 Å². The molecule has 1 aromatic heterocycles. The molecule has 0 N–H and O–H groups in total. The highest BCUT2D eigenvalue weighted by atomic mass is 16.5. The quantitative estimate of drug-likeness (QED) is 0.787. The predicted molar refractivity (Wildman–Crippen MR) is 62.8 cm³/mol. The Hall–Kier alpha value is -1.90. The lowest BCUT2D eigenvalue weighted by Gasteiger charge is -2.12. The van der Waals surface area contributed by atoms with Crippen molar-refractivity contribution in [2.75, 3.05) is 14.2 Å². The van der Waals surface area contributed by atoms with Crippen molar-refractivity contribution < 1.29 is 9.47 Å². The SMILES string of the molecule is COc1cccc(-c2c[c]cn2C)c1OC. The first-order chi connectivity index (χ1) is 7.77. The van der Waals surface area contributed by atoms with E-state index in [0.29, 0.717) is 0 Å². The highest BCUT2D eigenvalue weighted by Gasteiger charge is 2.12. The fourth-order valence-electron chi connectivity index (χ4n) is 1.76. The van der Waals surface area contributed by atoms with Crippen molar-refractivity contribution >= 4 is 0 Å². The first kappa shape index (κ1) is 10.6. The molecule has 0 aliphatic carbocycles. The number of ether oxygens (including phenoxy) is 2. The number of hydrogen-bond donors (Lipinski definition) is 0. The van der Waals surface area contributed by atoms with Gasteiger partial charge in [-0.05, 0) is 18.2 Å². The van der Waals surface area contributed by atoms with Crippen LogP contribution in [0.25, 0.3) is 11.3 Å². The number of methoxy groups -OCH3 is 2. The van der Waals surface area contributed by atoms with Crippen molar-refractivity contribution in [1.29, 1.82) is 0 Å². The van der Waals surface area contributed by atoms with Crippen molar-refractivity contribution in [1.82, 2.24) is 4.57 Å². The van der Waals surface area contributed by atoms with Crippen LogP contribution >= 0.6 is 0 Å². The molecule has 0 atom stereocenters. The zero-order valence-electron chi connectivity index (χ0n) is 9.65. The Morgan fingerprint density at radius 2 is 2.00 bits per heavy atom. The van der Waals surface area contributed by atoms with Gasteiger partial charge < -0.3 is 14.0 Å². The number of aryl methyl sites for hydroxylation is 1. The summed E-state index contributed by atoms with van der Waals surface area (Å²) < 4.78 is 12.7. The minimum absolute atomic E-state index is 0.737. The minimum atomic E-state index is 0.737. The summed E-state index contributed by atoms with van der Waals surface area (Å²) in [6, 6.07) is 10.8. The molecule has 83 valence electrons. The van der Waals surface area contributed by atoms with E-state index in [1.54, 1.807) is 14.2 Å². The third kappa shape index (κ3) is 1.65. The molecule has 1 radical (unpaired) electrons. The highest BCUT2D eigenvalue weighted by molar-refractivity contribution is 5.71.